The maximum Gasteiger partial charge on any atom is 0.224 e. The van der Waals surface area contributed by atoms with Crippen molar-refractivity contribution in [3.8, 4) is 0 Å². The lowest BCUT2D eigenvalue weighted by atomic mass is 10.0. The average Bonchev–Trinajstić information content (AvgIpc) is 3.06. The van der Waals surface area contributed by atoms with Crippen molar-refractivity contribution in [1.82, 2.24) is 20.2 Å². The van der Waals surface area contributed by atoms with Crippen LogP contribution in [0.15, 0.2) is 12.3 Å². The largest absolute Gasteiger partial charge is 0.394 e. The van der Waals surface area contributed by atoms with E-state index in [1.54, 1.807) is 6.20 Å². The summed E-state index contributed by atoms with van der Waals surface area (Å²) < 4.78 is 0. The molecule has 0 radical (unpaired) electrons. The van der Waals surface area contributed by atoms with Gasteiger partial charge in [0.25, 0.3) is 0 Å². The second kappa shape index (κ2) is 12.4. The maximum absolute atomic E-state index is 11.6. The maximum atomic E-state index is 11.6. The van der Waals surface area contributed by atoms with E-state index in [0.29, 0.717) is 19.0 Å². The summed E-state index contributed by atoms with van der Waals surface area (Å²) >= 11 is 0. The van der Waals surface area contributed by atoms with E-state index in [9.17, 15) is 20.1 Å². The Balaban J connectivity index is 1.56. The molecule has 5 atom stereocenters. The predicted octanol–water partition coefficient (Wildman–Crippen LogP) is -1.08. The molecule has 2 fully saturated rings. The highest BCUT2D eigenvalue weighted by Crippen LogP contribution is 2.20. The standard InChI is InChI=1S/C22H38N6O5/c1-15(30)24-17(20(32)21(33)18(31)14-29)13-27-11-7-16(12-27)25-22-23-8-6-19(26-22)28-9-4-2-3-5-10-28/h6,8,16-18,20-21,29,31-33H,2-5,7,9-14H2,1H3,(H,24,30)(H,23,25,26)/t16?,17-,18+,20+,21-/m0/s1. The van der Waals surface area contributed by atoms with Gasteiger partial charge in [0.1, 0.15) is 24.1 Å². The molecule has 2 aliphatic heterocycles. The number of aliphatic hydroxyl groups excluding tert-OH is 4. The van der Waals surface area contributed by atoms with Gasteiger partial charge in [0.15, 0.2) is 0 Å². The molecule has 1 amide bonds. The minimum absolute atomic E-state index is 0.104. The van der Waals surface area contributed by atoms with Gasteiger partial charge in [-0.25, -0.2) is 4.98 Å². The van der Waals surface area contributed by atoms with Gasteiger partial charge in [0.2, 0.25) is 11.9 Å². The molecule has 11 nitrogen and oxygen atoms in total. The van der Waals surface area contributed by atoms with Crippen LogP contribution in [0.3, 0.4) is 0 Å². The lowest BCUT2D eigenvalue weighted by Crippen LogP contribution is -2.56. The van der Waals surface area contributed by atoms with Crippen LogP contribution in [0.25, 0.3) is 0 Å². The third-order valence-corrected chi connectivity index (χ3v) is 6.36. The monoisotopic (exact) mass is 466 g/mol. The van der Waals surface area contributed by atoms with E-state index in [-0.39, 0.29) is 11.9 Å². The van der Waals surface area contributed by atoms with Crippen molar-refractivity contribution in [2.75, 3.05) is 49.5 Å². The number of nitrogens with zero attached hydrogens (tertiary/aromatic N) is 4. The summed E-state index contributed by atoms with van der Waals surface area (Å²) in [5, 5.41) is 45.3. The Morgan fingerprint density at radius 3 is 2.55 bits per heavy atom. The van der Waals surface area contributed by atoms with Gasteiger partial charge in [-0.1, -0.05) is 12.8 Å². The number of nitrogens with one attached hydrogen (secondary N) is 2. The number of carbonyl (C=O) groups excluding carboxylic acids is 1. The molecule has 0 bridgehead atoms. The van der Waals surface area contributed by atoms with E-state index >= 15 is 0 Å². The van der Waals surface area contributed by atoms with Crippen molar-refractivity contribution < 1.29 is 25.2 Å². The van der Waals surface area contributed by atoms with E-state index in [4.69, 9.17) is 10.1 Å². The fourth-order valence-electron chi connectivity index (χ4n) is 4.55. The molecule has 0 aromatic carbocycles. The number of hydrogen-bond acceptors (Lipinski definition) is 10. The zero-order valence-corrected chi connectivity index (χ0v) is 19.3. The molecule has 0 aliphatic carbocycles. The van der Waals surface area contributed by atoms with Crippen molar-refractivity contribution >= 4 is 17.7 Å². The lowest BCUT2D eigenvalue weighted by Gasteiger charge is -2.32. The van der Waals surface area contributed by atoms with E-state index in [1.807, 2.05) is 6.07 Å². The molecule has 0 spiro atoms. The van der Waals surface area contributed by atoms with Gasteiger partial charge in [0, 0.05) is 51.9 Å². The summed E-state index contributed by atoms with van der Waals surface area (Å²) in [6, 6.07) is 1.26. The van der Waals surface area contributed by atoms with Crippen LogP contribution in [0.2, 0.25) is 0 Å². The minimum atomic E-state index is -1.57. The van der Waals surface area contributed by atoms with Crippen molar-refractivity contribution in [3.63, 3.8) is 0 Å². The number of aromatic nitrogens is 2. The zero-order chi connectivity index (χ0) is 23.8. The van der Waals surface area contributed by atoms with Crippen molar-refractivity contribution in [1.29, 1.82) is 0 Å². The van der Waals surface area contributed by atoms with Gasteiger partial charge >= 0.3 is 0 Å². The van der Waals surface area contributed by atoms with Crippen LogP contribution in [0.5, 0.6) is 0 Å². The topological polar surface area (TPSA) is 154 Å². The average molecular weight is 467 g/mol. The molecule has 2 saturated heterocycles. The first-order chi connectivity index (χ1) is 15.9. The first-order valence-electron chi connectivity index (χ1n) is 11.9. The van der Waals surface area contributed by atoms with E-state index in [1.165, 1.54) is 32.6 Å². The molecule has 186 valence electrons. The summed E-state index contributed by atoms with van der Waals surface area (Å²) in [7, 11) is 0. The van der Waals surface area contributed by atoms with Crippen LogP contribution in [0.4, 0.5) is 11.8 Å². The normalized spacial score (nSPS) is 23.4. The van der Waals surface area contributed by atoms with Crippen LogP contribution in [0, 0.1) is 0 Å². The minimum Gasteiger partial charge on any atom is -0.394 e. The highest BCUT2D eigenvalue weighted by Gasteiger charge is 2.34. The van der Waals surface area contributed by atoms with Crippen molar-refractivity contribution in [3.05, 3.63) is 12.3 Å². The van der Waals surface area contributed by atoms with Crippen LogP contribution in [0.1, 0.15) is 39.0 Å². The predicted molar refractivity (Wildman–Crippen MR) is 124 cm³/mol. The summed E-state index contributed by atoms with van der Waals surface area (Å²) in [5.74, 6) is 1.18. The summed E-state index contributed by atoms with van der Waals surface area (Å²) in [6.45, 7) is 4.34. The Labute approximate surface area is 194 Å². The Morgan fingerprint density at radius 2 is 1.88 bits per heavy atom. The Bertz CT molecular complexity index is 748. The first-order valence-corrected chi connectivity index (χ1v) is 11.9. The number of aliphatic hydroxyl groups is 4. The van der Waals surface area contributed by atoms with Gasteiger partial charge in [-0.15, -0.1) is 0 Å². The zero-order valence-electron chi connectivity index (χ0n) is 19.3. The second-order valence-corrected chi connectivity index (χ2v) is 9.07. The van der Waals surface area contributed by atoms with Gasteiger partial charge in [-0.05, 0) is 25.3 Å². The van der Waals surface area contributed by atoms with E-state index in [0.717, 1.165) is 31.9 Å². The third kappa shape index (κ3) is 7.47. The molecule has 11 heteroatoms. The molecule has 3 rings (SSSR count). The molecular formula is C22H38N6O5. The van der Waals surface area contributed by atoms with Crippen LogP contribution in [-0.2, 0) is 4.79 Å². The number of anilines is 2. The number of rotatable bonds is 10. The Hall–Kier alpha value is -2.05. The molecule has 2 aliphatic rings. The second-order valence-electron chi connectivity index (χ2n) is 9.07. The van der Waals surface area contributed by atoms with Crippen LogP contribution < -0.4 is 15.5 Å². The van der Waals surface area contributed by atoms with Gasteiger partial charge < -0.3 is 36.0 Å². The summed E-state index contributed by atoms with van der Waals surface area (Å²) in [6.07, 6.45) is 3.00. The molecule has 0 saturated carbocycles. The van der Waals surface area contributed by atoms with Gasteiger partial charge in [0.05, 0.1) is 12.6 Å². The number of likely N-dealkylation sites (tertiary alicyclic amines) is 1. The van der Waals surface area contributed by atoms with E-state index in [2.05, 4.69) is 25.4 Å². The highest BCUT2D eigenvalue weighted by atomic mass is 16.4. The highest BCUT2D eigenvalue weighted by molar-refractivity contribution is 5.73. The Kier molecular flexibility index (Phi) is 9.63. The number of hydrogen-bond donors (Lipinski definition) is 6. The summed E-state index contributed by atoms with van der Waals surface area (Å²) in [4.78, 5) is 25.1. The van der Waals surface area contributed by atoms with Crippen molar-refractivity contribution in [2.24, 2.45) is 0 Å². The smallest absolute Gasteiger partial charge is 0.224 e. The lowest BCUT2D eigenvalue weighted by molar-refractivity contribution is -0.124. The van der Waals surface area contributed by atoms with Crippen molar-refractivity contribution in [2.45, 2.75) is 69.4 Å². The van der Waals surface area contributed by atoms with Gasteiger partial charge in [-0.2, -0.15) is 4.98 Å². The third-order valence-electron chi connectivity index (χ3n) is 6.36. The fourth-order valence-corrected chi connectivity index (χ4v) is 4.55. The SMILES string of the molecule is CC(=O)N[C@@H](CN1CCC(Nc2nccc(N3CCCCCC3)n2)C1)[C@@H](O)[C@@H](O)[C@H](O)CO. The molecular weight excluding hydrogens is 428 g/mol. The number of carbonyl (C=O) groups is 1. The number of amides is 1. The molecule has 1 aromatic rings. The molecule has 3 heterocycles. The first kappa shape index (κ1) is 25.6. The van der Waals surface area contributed by atoms with Gasteiger partial charge in [-0.3, -0.25) is 9.69 Å². The molecule has 33 heavy (non-hydrogen) atoms. The van der Waals surface area contributed by atoms with Crippen LogP contribution in [-0.4, -0.2) is 111 Å². The Morgan fingerprint density at radius 1 is 1.15 bits per heavy atom. The van der Waals surface area contributed by atoms with Crippen LogP contribution >= 0.6 is 0 Å². The molecule has 6 N–H and O–H groups in total. The molecule has 1 aromatic heterocycles. The molecule has 1 unspecified atom stereocenters. The summed E-state index contributed by atoms with van der Waals surface area (Å²) in [5.41, 5.74) is 0. The fraction of sp³-hybridized carbons (Fsp3) is 0.773. The quantitative estimate of drug-likeness (QED) is 0.251. The van der Waals surface area contributed by atoms with E-state index < -0.39 is 31.0 Å².